The third-order valence-electron chi connectivity index (χ3n) is 3.81. The largest absolute Gasteiger partial charge is 0.484 e. The van der Waals surface area contributed by atoms with Crippen LogP contribution >= 0.6 is 0 Å². The van der Waals surface area contributed by atoms with Crippen molar-refractivity contribution in [3.8, 4) is 5.75 Å². The van der Waals surface area contributed by atoms with Crippen LogP contribution in [0.25, 0.3) is 0 Å². The lowest BCUT2D eigenvalue weighted by molar-refractivity contribution is -0.118. The standard InChI is InChI=1S/C19H23NO2/c1-14(2)15(3)16-8-7-11-18(12-16)22-13-19(21)20-17-9-5-4-6-10-17/h4-12,14-15H,13H2,1-3H3,(H,20,21). The Morgan fingerprint density at radius 3 is 2.45 bits per heavy atom. The van der Waals surface area contributed by atoms with Gasteiger partial charge in [-0.05, 0) is 41.7 Å². The molecule has 0 heterocycles. The number of ether oxygens (including phenoxy) is 1. The van der Waals surface area contributed by atoms with E-state index in [4.69, 9.17) is 4.74 Å². The zero-order chi connectivity index (χ0) is 15.9. The van der Waals surface area contributed by atoms with Crippen LogP contribution in [0.2, 0.25) is 0 Å². The van der Waals surface area contributed by atoms with Crippen molar-refractivity contribution in [2.45, 2.75) is 26.7 Å². The Morgan fingerprint density at radius 1 is 1.05 bits per heavy atom. The molecule has 22 heavy (non-hydrogen) atoms. The van der Waals surface area contributed by atoms with Gasteiger partial charge in [-0.3, -0.25) is 4.79 Å². The number of carbonyl (C=O) groups excluding carboxylic acids is 1. The first-order valence-electron chi connectivity index (χ1n) is 7.64. The van der Waals surface area contributed by atoms with E-state index in [0.29, 0.717) is 11.8 Å². The molecule has 0 aliphatic heterocycles. The highest BCUT2D eigenvalue weighted by molar-refractivity contribution is 5.91. The number of amides is 1. The molecule has 0 spiro atoms. The molecule has 0 aliphatic carbocycles. The lowest BCUT2D eigenvalue weighted by Crippen LogP contribution is -2.20. The van der Waals surface area contributed by atoms with E-state index in [2.05, 4.69) is 32.2 Å². The summed E-state index contributed by atoms with van der Waals surface area (Å²) in [4.78, 5) is 11.9. The Kier molecular flexibility index (Phi) is 5.59. The van der Waals surface area contributed by atoms with Crippen molar-refractivity contribution in [1.82, 2.24) is 0 Å². The molecule has 2 aromatic rings. The predicted octanol–water partition coefficient (Wildman–Crippen LogP) is 4.46. The van der Waals surface area contributed by atoms with Gasteiger partial charge in [0.1, 0.15) is 5.75 Å². The fourth-order valence-electron chi connectivity index (χ4n) is 2.14. The Labute approximate surface area is 132 Å². The first kappa shape index (κ1) is 16.1. The fraction of sp³-hybridized carbons (Fsp3) is 0.316. The van der Waals surface area contributed by atoms with E-state index in [-0.39, 0.29) is 12.5 Å². The van der Waals surface area contributed by atoms with Gasteiger partial charge in [0.15, 0.2) is 6.61 Å². The van der Waals surface area contributed by atoms with Crippen molar-refractivity contribution >= 4 is 11.6 Å². The van der Waals surface area contributed by atoms with E-state index in [9.17, 15) is 4.79 Å². The first-order chi connectivity index (χ1) is 10.6. The summed E-state index contributed by atoms with van der Waals surface area (Å²) in [6, 6.07) is 17.3. The summed E-state index contributed by atoms with van der Waals surface area (Å²) in [6.45, 7) is 6.61. The molecule has 0 fully saturated rings. The van der Waals surface area contributed by atoms with Crippen LogP contribution in [0.1, 0.15) is 32.3 Å². The Hall–Kier alpha value is -2.29. The summed E-state index contributed by atoms with van der Waals surface area (Å²) >= 11 is 0. The Morgan fingerprint density at radius 2 is 1.77 bits per heavy atom. The van der Waals surface area contributed by atoms with Crippen LogP contribution in [-0.4, -0.2) is 12.5 Å². The molecule has 0 aliphatic rings. The lowest BCUT2D eigenvalue weighted by atomic mass is 9.90. The molecule has 2 rings (SSSR count). The predicted molar refractivity (Wildman–Crippen MR) is 90.3 cm³/mol. The molecule has 3 nitrogen and oxygen atoms in total. The van der Waals surface area contributed by atoms with Crippen LogP contribution in [0.4, 0.5) is 5.69 Å². The zero-order valence-corrected chi connectivity index (χ0v) is 13.4. The molecule has 116 valence electrons. The van der Waals surface area contributed by atoms with Crippen molar-refractivity contribution in [3.05, 3.63) is 60.2 Å². The number of nitrogens with one attached hydrogen (secondary N) is 1. The van der Waals surface area contributed by atoms with Crippen molar-refractivity contribution in [3.63, 3.8) is 0 Å². The smallest absolute Gasteiger partial charge is 0.262 e. The van der Waals surface area contributed by atoms with Gasteiger partial charge in [0.25, 0.3) is 5.91 Å². The van der Waals surface area contributed by atoms with Crippen LogP contribution in [-0.2, 0) is 4.79 Å². The van der Waals surface area contributed by atoms with Gasteiger partial charge in [-0.2, -0.15) is 0 Å². The molecule has 0 bridgehead atoms. The molecule has 0 saturated heterocycles. The SMILES string of the molecule is CC(C)C(C)c1cccc(OCC(=O)Nc2ccccc2)c1. The second-order valence-corrected chi connectivity index (χ2v) is 5.81. The van der Waals surface area contributed by atoms with Crippen molar-refractivity contribution < 1.29 is 9.53 Å². The lowest BCUT2D eigenvalue weighted by Gasteiger charge is -2.17. The van der Waals surface area contributed by atoms with Crippen LogP contribution in [0.15, 0.2) is 54.6 Å². The van der Waals surface area contributed by atoms with Crippen molar-refractivity contribution in [1.29, 1.82) is 0 Å². The van der Waals surface area contributed by atoms with Gasteiger partial charge in [-0.15, -0.1) is 0 Å². The number of hydrogen-bond acceptors (Lipinski definition) is 2. The number of hydrogen-bond donors (Lipinski definition) is 1. The molecule has 0 radical (unpaired) electrons. The summed E-state index contributed by atoms with van der Waals surface area (Å²) in [6.07, 6.45) is 0. The van der Waals surface area contributed by atoms with E-state index in [1.165, 1.54) is 5.56 Å². The maximum Gasteiger partial charge on any atom is 0.262 e. The number of para-hydroxylation sites is 1. The van der Waals surface area contributed by atoms with Gasteiger partial charge in [0.2, 0.25) is 0 Å². The molecule has 1 unspecified atom stereocenters. The highest BCUT2D eigenvalue weighted by Gasteiger charge is 2.11. The molecule has 0 saturated carbocycles. The first-order valence-corrected chi connectivity index (χ1v) is 7.64. The summed E-state index contributed by atoms with van der Waals surface area (Å²) in [7, 11) is 0. The average molecular weight is 297 g/mol. The van der Waals surface area contributed by atoms with Crippen LogP contribution in [0, 0.1) is 5.92 Å². The summed E-state index contributed by atoms with van der Waals surface area (Å²) in [5.41, 5.74) is 2.01. The molecule has 0 aromatic heterocycles. The maximum atomic E-state index is 11.9. The van der Waals surface area contributed by atoms with Crippen molar-refractivity contribution in [2.24, 2.45) is 5.92 Å². The molecule has 1 amide bonds. The highest BCUT2D eigenvalue weighted by Crippen LogP contribution is 2.26. The summed E-state index contributed by atoms with van der Waals surface area (Å²) in [5.74, 6) is 1.60. The number of anilines is 1. The molecule has 1 atom stereocenters. The second kappa shape index (κ2) is 7.64. The van der Waals surface area contributed by atoms with Crippen molar-refractivity contribution in [2.75, 3.05) is 11.9 Å². The summed E-state index contributed by atoms with van der Waals surface area (Å²) < 4.78 is 5.60. The third kappa shape index (κ3) is 4.62. The zero-order valence-electron chi connectivity index (χ0n) is 13.4. The van der Waals surface area contributed by atoms with Crippen LogP contribution in [0.3, 0.4) is 0 Å². The third-order valence-corrected chi connectivity index (χ3v) is 3.81. The molecule has 1 N–H and O–H groups in total. The maximum absolute atomic E-state index is 11.9. The molecular weight excluding hydrogens is 274 g/mol. The minimum atomic E-state index is -0.159. The number of carbonyl (C=O) groups is 1. The Bertz CT molecular complexity index is 608. The van der Waals surface area contributed by atoms with Gasteiger partial charge in [-0.25, -0.2) is 0 Å². The number of rotatable bonds is 6. The van der Waals surface area contributed by atoms with Gasteiger partial charge < -0.3 is 10.1 Å². The van der Waals surface area contributed by atoms with E-state index in [0.717, 1.165) is 11.4 Å². The minimum absolute atomic E-state index is 0.00834. The van der Waals surface area contributed by atoms with E-state index < -0.39 is 0 Å². The van der Waals surface area contributed by atoms with Crippen LogP contribution in [0.5, 0.6) is 5.75 Å². The summed E-state index contributed by atoms with van der Waals surface area (Å²) in [5, 5.41) is 2.80. The monoisotopic (exact) mass is 297 g/mol. The molecule has 3 heteroatoms. The average Bonchev–Trinajstić information content (AvgIpc) is 2.53. The van der Waals surface area contributed by atoms with E-state index in [1.807, 2.05) is 48.5 Å². The van der Waals surface area contributed by atoms with Gasteiger partial charge in [-0.1, -0.05) is 51.1 Å². The molecule has 2 aromatic carbocycles. The topological polar surface area (TPSA) is 38.3 Å². The van der Waals surface area contributed by atoms with Gasteiger partial charge in [0.05, 0.1) is 0 Å². The normalized spacial score (nSPS) is 12.0. The molecular formula is C19H23NO2. The highest BCUT2D eigenvalue weighted by atomic mass is 16.5. The quantitative estimate of drug-likeness (QED) is 0.854. The minimum Gasteiger partial charge on any atom is -0.484 e. The van der Waals surface area contributed by atoms with Gasteiger partial charge in [0, 0.05) is 5.69 Å². The Balaban J connectivity index is 1.91. The van der Waals surface area contributed by atoms with E-state index in [1.54, 1.807) is 0 Å². The second-order valence-electron chi connectivity index (χ2n) is 5.81. The van der Waals surface area contributed by atoms with Gasteiger partial charge >= 0.3 is 0 Å². The fourth-order valence-corrected chi connectivity index (χ4v) is 2.14. The van der Waals surface area contributed by atoms with Crippen LogP contribution < -0.4 is 10.1 Å². The number of benzene rings is 2. The van der Waals surface area contributed by atoms with E-state index >= 15 is 0 Å².